The molecular formula is C54H84O21. The van der Waals surface area contributed by atoms with Crippen LogP contribution < -0.4 is 0 Å². The van der Waals surface area contributed by atoms with E-state index < -0.39 is 123 Å². The first-order valence-electron chi connectivity index (χ1n) is 27.1. The zero-order valence-corrected chi connectivity index (χ0v) is 44.7. The molecule has 4 aliphatic heterocycles. The molecule has 0 aromatic heterocycles. The third-order valence-corrected chi connectivity index (χ3v) is 21.0. The molecule has 5 aliphatic carbocycles. The fraction of sp³-hybridized carbons (Fsp3) is 0.889. The van der Waals surface area contributed by atoms with E-state index >= 15 is 0 Å². The van der Waals surface area contributed by atoms with E-state index in [0.717, 1.165) is 44.9 Å². The Morgan fingerprint density at radius 3 is 1.99 bits per heavy atom. The van der Waals surface area contributed by atoms with E-state index in [1.165, 1.54) is 12.5 Å². The third-order valence-electron chi connectivity index (χ3n) is 21.0. The van der Waals surface area contributed by atoms with Gasteiger partial charge in [0.15, 0.2) is 30.7 Å². The Balaban J connectivity index is 0.980. The first-order chi connectivity index (χ1) is 35.0. The maximum atomic E-state index is 12.7. The van der Waals surface area contributed by atoms with E-state index in [9.17, 15) is 65.8 Å². The number of ether oxygens (including phenoxy) is 8. The Morgan fingerprint density at radius 2 is 1.35 bits per heavy atom. The molecule has 4 unspecified atom stereocenters. The van der Waals surface area contributed by atoms with Crippen LogP contribution in [-0.4, -0.2) is 192 Å². The number of Topliss-reactive ketones (excluding diaryl/α,β-unsaturated/α-hetero) is 1. The summed E-state index contributed by atoms with van der Waals surface area (Å²) in [5.74, 6) is -1.94. The molecule has 0 amide bonds. The Labute approximate surface area is 438 Å². The van der Waals surface area contributed by atoms with Crippen LogP contribution in [0.25, 0.3) is 0 Å². The number of ketones is 1. The van der Waals surface area contributed by atoms with Crippen molar-refractivity contribution in [3.05, 3.63) is 23.2 Å². The average Bonchev–Trinajstić information content (AvgIpc) is 3.35. The van der Waals surface area contributed by atoms with Crippen LogP contribution in [0.3, 0.4) is 0 Å². The van der Waals surface area contributed by atoms with Gasteiger partial charge in [0.1, 0.15) is 66.8 Å². The standard InChI is InChI=1S/C54H84O21/c1-23-34(58)27(57)18-33(68-23)71-32-20-49(3,4)19-26-25-10-11-30-51(6)14-13-31(52(7,22-56)29(51)12-15-54(30,9)53(25,8)17-16-50(26,32)5)72-48-44(40(64)39(63)42(73-48)45(66)67)75-47-43(38(62)36(60)28(21-55)70-47)74-46-41(65)37(61)35(59)24(2)69-46/h10,24,26,28-33,35-44,46-48,55-56,58-65H,11-22H2,1-9H3,(H,66,67)/t24-,26?,28+,29?,30?,31-,32+,33?,35-,36-,37+,38-,39-,40-,41+,42-,43+,44+,46-,47-,48+,50+,51-,52+,53+,54+/m0/s1. The van der Waals surface area contributed by atoms with Crippen LogP contribution in [0.1, 0.15) is 127 Å². The molecule has 21 heteroatoms. The molecule has 11 N–H and O–H groups in total. The molecule has 21 nitrogen and oxygen atoms in total. The topological polar surface area (TPSA) is 331 Å². The molecule has 0 bridgehead atoms. The van der Waals surface area contributed by atoms with Gasteiger partial charge in [-0.2, -0.15) is 0 Å². The highest BCUT2D eigenvalue weighted by Crippen LogP contribution is 2.76. The number of carbonyl (C=O) groups excluding carboxylic acids is 1. The van der Waals surface area contributed by atoms with Gasteiger partial charge in [0.05, 0.1) is 37.9 Å². The second-order valence-electron chi connectivity index (χ2n) is 25.8. The first-order valence-corrected chi connectivity index (χ1v) is 27.1. The SMILES string of the molecule is CC1=C(O)C(=O)CC(O[C@@H]2CC(C)(C)CC3C4=CCC5[C@@]6(C)CC[C@H](O[C@@H]7O[C@H](C(=O)O)[C@@H](O)[C@H](O)[C@H]7O[C@@H]7O[C@H](CO)[C@H](O)[C@H](O)[C@H]7O[C@@H]7O[C@@H](C)[C@H](O)[C@@H](O)[C@H]7O)[C@](C)(CO)C6CC[C@@]5(C)[C@]4(C)CC[C@]32C)O1. The van der Waals surface area contributed by atoms with Crippen LogP contribution in [-0.2, 0) is 47.5 Å². The molecule has 3 saturated heterocycles. The summed E-state index contributed by atoms with van der Waals surface area (Å²) in [6.45, 7) is 17.9. The molecule has 75 heavy (non-hydrogen) atoms. The van der Waals surface area contributed by atoms with Gasteiger partial charge >= 0.3 is 5.97 Å². The minimum absolute atomic E-state index is 0.0493. The van der Waals surface area contributed by atoms with E-state index in [-0.39, 0.29) is 81.3 Å². The number of aliphatic hydroxyl groups excluding tert-OH is 10. The van der Waals surface area contributed by atoms with Crippen LogP contribution >= 0.6 is 0 Å². The van der Waals surface area contributed by atoms with Crippen LogP contribution in [0.15, 0.2) is 23.2 Å². The summed E-state index contributed by atoms with van der Waals surface area (Å²) >= 11 is 0. The summed E-state index contributed by atoms with van der Waals surface area (Å²) in [6, 6.07) is 0. The molecule has 0 spiro atoms. The fourth-order valence-electron chi connectivity index (χ4n) is 16.3. The minimum atomic E-state index is -2.09. The van der Waals surface area contributed by atoms with E-state index in [0.29, 0.717) is 12.8 Å². The maximum absolute atomic E-state index is 12.7. The lowest BCUT2D eigenvalue weighted by molar-refractivity contribution is -0.396. The molecule has 4 saturated carbocycles. The van der Waals surface area contributed by atoms with Gasteiger partial charge in [0.25, 0.3) is 0 Å². The Hall–Kier alpha value is -2.42. The van der Waals surface area contributed by atoms with Crippen molar-refractivity contribution in [1.82, 2.24) is 0 Å². The normalized spacial score (nSPS) is 52.9. The van der Waals surface area contributed by atoms with Gasteiger partial charge in [-0.3, -0.25) is 4.79 Å². The summed E-state index contributed by atoms with van der Waals surface area (Å²) in [7, 11) is 0. The van der Waals surface area contributed by atoms with E-state index in [2.05, 4.69) is 47.6 Å². The van der Waals surface area contributed by atoms with Gasteiger partial charge in [-0.05, 0) is 111 Å². The van der Waals surface area contributed by atoms with Gasteiger partial charge in [-0.25, -0.2) is 4.79 Å². The second kappa shape index (κ2) is 20.3. The van der Waals surface area contributed by atoms with Crippen molar-refractivity contribution in [2.75, 3.05) is 13.2 Å². The van der Waals surface area contributed by atoms with Crippen molar-refractivity contribution in [1.29, 1.82) is 0 Å². The van der Waals surface area contributed by atoms with Crippen molar-refractivity contribution in [3.63, 3.8) is 0 Å². The number of aliphatic hydroxyl groups is 10. The number of hydrogen-bond donors (Lipinski definition) is 11. The van der Waals surface area contributed by atoms with Crippen LogP contribution in [0.5, 0.6) is 0 Å². The highest BCUT2D eigenvalue weighted by Gasteiger charge is 2.70. The number of carboxylic acids is 1. The summed E-state index contributed by atoms with van der Waals surface area (Å²) < 4.78 is 49.1. The summed E-state index contributed by atoms with van der Waals surface area (Å²) in [5.41, 5.74) is -0.538. The molecule has 4 heterocycles. The number of aliphatic carboxylic acids is 1. The van der Waals surface area contributed by atoms with Crippen LogP contribution in [0.4, 0.5) is 0 Å². The second-order valence-corrected chi connectivity index (χ2v) is 25.8. The van der Waals surface area contributed by atoms with Crippen molar-refractivity contribution in [3.8, 4) is 0 Å². The molecule has 9 rings (SSSR count). The predicted molar refractivity (Wildman–Crippen MR) is 259 cm³/mol. The summed E-state index contributed by atoms with van der Waals surface area (Å²) in [4.78, 5) is 25.3. The first kappa shape index (κ1) is 57.3. The zero-order valence-electron chi connectivity index (χ0n) is 44.7. The quantitative estimate of drug-likeness (QED) is 0.104. The average molecular weight is 1070 g/mol. The molecule has 0 radical (unpaired) electrons. The highest BCUT2D eigenvalue weighted by molar-refractivity contribution is 5.94. The van der Waals surface area contributed by atoms with Gasteiger partial charge in [-0.15, -0.1) is 0 Å². The predicted octanol–water partition coefficient (Wildman–Crippen LogP) is 1.83. The van der Waals surface area contributed by atoms with Crippen molar-refractivity contribution in [2.45, 2.75) is 237 Å². The zero-order chi connectivity index (χ0) is 54.9. The lowest BCUT2D eigenvalue weighted by Gasteiger charge is -2.72. The monoisotopic (exact) mass is 1070 g/mol. The van der Waals surface area contributed by atoms with Crippen LogP contribution in [0, 0.1) is 50.2 Å². The number of allylic oxidation sites excluding steroid dienone is 4. The number of fused-ring (bicyclic) bond motifs is 7. The molecule has 26 atom stereocenters. The van der Waals surface area contributed by atoms with E-state index in [4.69, 9.17) is 37.9 Å². The Bertz CT molecular complexity index is 2210. The highest BCUT2D eigenvalue weighted by atomic mass is 16.8. The van der Waals surface area contributed by atoms with Crippen molar-refractivity contribution >= 4 is 11.8 Å². The van der Waals surface area contributed by atoms with Gasteiger partial charge in [0, 0.05) is 10.8 Å². The van der Waals surface area contributed by atoms with E-state index in [1.54, 1.807) is 6.92 Å². The van der Waals surface area contributed by atoms with Gasteiger partial charge in [0.2, 0.25) is 12.1 Å². The lowest BCUT2D eigenvalue weighted by Crippen LogP contribution is -2.68. The smallest absolute Gasteiger partial charge is 0.335 e. The number of hydrogen-bond acceptors (Lipinski definition) is 20. The fourth-order valence-corrected chi connectivity index (χ4v) is 16.3. The van der Waals surface area contributed by atoms with Crippen molar-refractivity contribution < 1.29 is 104 Å². The Kier molecular flexibility index (Phi) is 15.5. The number of carboxylic acid groups (broad SMARTS) is 1. The number of rotatable bonds is 11. The summed E-state index contributed by atoms with van der Waals surface area (Å²) in [5, 5.41) is 119. The third kappa shape index (κ3) is 9.25. The number of carbonyl (C=O) groups is 2. The molecular weight excluding hydrogens is 985 g/mol. The molecule has 7 fully saturated rings. The Morgan fingerprint density at radius 1 is 0.693 bits per heavy atom. The molecule has 426 valence electrons. The molecule has 0 aromatic rings. The van der Waals surface area contributed by atoms with Crippen LogP contribution in [0.2, 0.25) is 0 Å². The minimum Gasteiger partial charge on any atom is -0.502 e. The van der Waals surface area contributed by atoms with Gasteiger partial charge in [-0.1, -0.05) is 60.1 Å². The molecule has 0 aromatic carbocycles. The largest absolute Gasteiger partial charge is 0.502 e. The summed E-state index contributed by atoms with van der Waals surface area (Å²) in [6.07, 6.45) is -19.0. The maximum Gasteiger partial charge on any atom is 0.335 e. The molecule has 9 aliphatic rings. The lowest BCUT2D eigenvalue weighted by atomic mass is 9.33. The van der Waals surface area contributed by atoms with Crippen molar-refractivity contribution in [2.24, 2.45) is 50.2 Å². The van der Waals surface area contributed by atoms with Gasteiger partial charge < -0.3 is 94.1 Å². The van der Waals surface area contributed by atoms with E-state index in [1.807, 2.05) is 6.92 Å².